The lowest BCUT2D eigenvalue weighted by atomic mass is 10.1. The van der Waals surface area contributed by atoms with E-state index in [0.29, 0.717) is 27.7 Å². The maximum absolute atomic E-state index is 12.3. The van der Waals surface area contributed by atoms with E-state index in [1.54, 1.807) is 43.5 Å². The number of aromatic nitrogens is 1. The topological polar surface area (TPSA) is 73.6 Å². The van der Waals surface area contributed by atoms with Gasteiger partial charge < -0.3 is 19.3 Å². The molecule has 3 rings (SSSR count). The molecule has 128 valence electrons. The molecule has 0 fully saturated rings. The van der Waals surface area contributed by atoms with Crippen molar-refractivity contribution in [3.05, 3.63) is 59.1 Å². The van der Waals surface area contributed by atoms with Crippen LogP contribution in [0.1, 0.15) is 10.4 Å². The summed E-state index contributed by atoms with van der Waals surface area (Å²) in [5, 5.41) is 7.56. The van der Waals surface area contributed by atoms with Crippen molar-refractivity contribution in [1.82, 2.24) is 5.16 Å². The summed E-state index contributed by atoms with van der Waals surface area (Å²) in [4.78, 5) is 12.3. The zero-order valence-electron chi connectivity index (χ0n) is 13.6. The molecule has 3 aromatic rings. The van der Waals surface area contributed by atoms with Crippen molar-refractivity contribution in [3.63, 3.8) is 0 Å². The van der Waals surface area contributed by atoms with E-state index in [9.17, 15) is 4.79 Å². The SMILES string of the molecule is COC(=O)c1c(-c2cccc(Cl)c2)noc1Nc1ccccc1OC. The van der Waals surface area contributed by atoms with Gasteiger partial charge in [0.2, 0.25) is 5.88 Å². The fourth-order valence-electron chi connectivity index (χ4n) is 2.37. The van der Waals surface area contributed by atoms with Crippen LogP contribution in [0.15, 0.2) is 53.1 Å². The standard InChI is InChI=1S/C18H15ClN2O4/c1-23-14-9-4-3-8-13(14)20-17-15(18(22)24-2)16(21-25-17)11-6-5-7-12(19)10-11/h3-10,20H,1-2H3. The van der Waals surface area contributed by atoms with Crippen LogP contribution >= 0.6 is 11.6 Å². The van der Waals surface area contributed by atoms with Crippen molar-refractivity contribution in [2.45, 2.75) is 0 Å². The van der Waals surface area contributed by atoms with Gasteiger partial charge in [-0.25, -0.2) is 4.79 Å². The van der Waals surface area contributed by atoms with Crippen molar-refractivity contribution in [1.29, 1.82) is 0 Å². The summed E-state index contributed by atoms with van der Waals surface area (Å²) < 4.78 is 15.5. The molecule has 0 aliphatic rings. The number of benzene rings is 2. The maximum Gasteiger partial charge on any atom is 0.345 e. The highest BCUT2D eigenvalue weighted by Crippen LogP contribution is 2.34. The number of rotatable bonds is 5. The second-order valence-electron chi connectivity index (χ2n) is 5.06. The molecule has 1 heterocycles. The van der Waals surface area contributed by atoms with Gasteiger partial charge in [0.25, 0.3) is 0 Å². The lowest BCUT2D eigenvalue weighted by Crippen LogP contribution is -2.05. The van der Waals surface area contributed by atoms with E-state index in [1.165, 1.54) is 7.11 Å². The summed E-state index contributed by atoms with van der Waals surface area (Å²) >= 11 is 6.03. The summed E-state index contributed by atoms with van der Waals surface area (Å²) in [5.41, 5.74) is 1.79. The molecular formula is C18H15ClN2O4. The molecule has 0 radical (unpaired) electrons. The maximum atomic E-state index is 12.3. The lowest BCUT2D eigenvalue weighted by Gasteiger charge is -2.09. The first kappa shape index (κ1) is 16.9. The number of methoxy groups -OCH3 is 2. The molecule has 2 aromatic carbocycles. The van der Waals surface area contributed by atoms with E-state index >= 15 is 0 Å². The molecule has 1 aromatic heterocycles. The third-order valence-corrected chi connectivity index (χ3v) is 3.77. The number of hydrogen-bond donors (Lipinski definition) is 1. The number of para-hydroxylation sites is 2. The quantitative estimate of drug-likeness (QED) is 0.675. The average Bonchev–Trinajstić information content (AvgIpc) is 3.05. The van der Waals surface area contributed by atoms with E-state index in [-0.39, 0.29) is 11.4 Å². The number of hydrogen-bond acceptors (Lipinski definition) is 6. The predicted molar refractivity (Wildman–Crippen MR) is 94.6 cm³/mol. The molecule has 7 heteroatoms. The zero-order valence-corrected chi connectivity index (χ0v) is 14.3. The molecule has 1 N–H and O–H groups in total. The molecule has 0 unspecified atom stereocenters. The molecule has 0 aliphatic carbocycles. The van der Waals surface area contributed by atoms with Gasteiger partial charge in [-0.3, -0.25) is 0 Å². The van der Waals surface area contributed by atoms with Crippen LogP contribution in [0, 0.1) is 0 Å². The Hall–Kier alpha value is -2.99. The summed E-state index contributed by atoms with van der Waals surface area (Å²) in [7, 11) is 2.85. The van der Waals surface area contributed by atoms with Crippen molar-refractivity contribution < 1.29 is 18.8 Å². The number of nitrogens with one attached hydrogen (secondary N) is 1. The smallest absolute Gasteiger partial charge is 0.345 e. The summed E-state index contributed by atoms with van der Waals surface area (Å²) in [6.07, 6.45) is 0. The van der Waals surface area contributed by atoms with E-state index in [4.69, 9.17) is 25.6 Å². The van der Waals surface area contributed by atoms with Crippen LogP contribution in [0.2, 0.25) is 5.02 Å². The third kappa shape index (κ3) is 3.44. The molecule has 0 bridgehead atoms. The largest absolute Gasteiger partial charge is 0.495 e. The van der Waals surface area contributed by atoms with Gasteiger partial charge in [0, 0.05) is 10.6 Å². The number of carbonyl (C=O) groups excluding carboxylic acids is 1. The van der Waals surface area contributed by atoms with Crippen molar-refractivity contribution in [3.8, 4) is 17.0 Å². The number of esters is 1. The minimum Gasteiger partial charge on any atom is -0.495 e. The fraction of sp³-hybridized carbons (Fsp3) is 0.111. The highest BCUT2D eigenvalue weighted by atomic mass is 35.5. The summed E-state index contributed by atoms with van der Waals surface area (Å²) in [6.45, 7) is 0. The summed E-state index contributed by atoms with van der Waals surface area (Å²) in [6, 6.07) is 14.2. The first-order valence-electron chi connectivity index (χ1n) is 7.38. The van der Waals surface area contributed by atoms with Gasteiger partial charge in [-0.2, -0.15) is 0 Å². The van der Waals surface area contributed by atoms with E-state index in [0.717, 1.165) is 0 Å². The average molecular weight is 359 g/mol. The molecule has 0 saturated carbocycles. The second-order valence-corrected chi connectivity index (χ2v) is 5.50. The Bertz CT molecular complexity index is 908. The minimum atomic E-state index is -0.575. The predicted octanol–water partition coefficient (Wildman–Crippen LogP) is 4.53. The van der Waals surface area contributed by atoms with Crippen LogP contribution < -0.4 is 10.1 Å². The van der Waals surface area contributed by atoms with Crippen LogP contribution in [0.4, 0.5) is 11.6 Å². The number of anilines is 2. The first-order chi connectivity index (χ1) is 12.1. The molecular weight excluding hydrogens is 344 g/mol. The van der Waals surface area contributed by atoms with E-state index in [1.807, 2.05) is 12.1 Å². The van der Waals surface area contributed by atoms with Crippen LogP contribution in [0.25, 0.3) is 11.3 Å². The van der Waals surface area contributed by atoms with Gasteiger partial charge in [0.1, 0.15) is 11.4 Å². The van der Waals surface area contributed by atoms with Gasteiger partial charge in [0.15, 0.2) is 5.56 Å². The third-order valence-electron chi connectivity index (χ3n) is 3.53. The molecule has 0 spiro atoms. The van der Waals surface area contributed by atoms with Gasteiger partial charge >= 0.3 is 5.97 Å². The second kappa shape index (κ2) is 7.27. The molecule has 6 nitrogen and oxygen atoms in total. The normalized spacial score (nSPS) is 10.4. The fourth-order valence-corrected chi connectivity index (χ4v) is 2.56. The Kier molecular flexibility index (Phi) is 4.90. The summed E-state index contributed by atoms with van der Waals surface area (Å²) in [5.74, 6) is 0.180. The van der Waals surface area contributed by atoms with Crippen LogP contribution in [0.5, 0.6) is 5.75 Å². The number of ether oxygens (including phenoxy) is 2. The van der Waals surface area contributed by atoms with Crippen LogP contribution in [-0.2, 0) is 4.74 Å². The molecule has 0 saturated heterocycles. The van der Waals surface area contributed by atoms with Gasteiger partial charge in [-0.05, 0) is 24.3 Å². The van der Waals surface area contributed by atoms with Gasteiger partial charge in [-0.15, -0.1) is 0 Å². The Morgan fingerprint density at radius 1 is 1.16 bits per heavy atom. The number of nitrogens with zero attached hydrogens (tertiary/aromatic N) is 1. The van der Waals surface area contributed by atoms with Gasteiger partial charge in [0.05, 0.1) is 19.9 Å². The Balaban J connectivity index is 2.07. The number of carbonyl (C=O) groups is 1. The van der Waals surface area contributed by atoms with E-state index < -0.39 is 5.97 Å². The first-order valence-corrected chi connectivity index (χ1v) is 7.75. The number of halogens is 1. The van der Waals surface area contributed by atoms with E-state index in [2.05, 4.69) is 10.5 Å². The Labute approximate surface area is 149 Å². The minimum absolute atomic E-state index is 0.159. The monoisotopic (exact) mass is 358 g/mol. The van der Waals surface area contributed by atoms with Crippen molar-refractivity contribution >= 4 is 29.1 Å². The highest BCUT2D eigenvalue weighted by molar-refractivity contribution is 6.30. The Morgan fingerprint density at radius 3 is 2.68 bits per heavy atom. The Morgan fingerprint density at radius 2 is 1.96 bits per heavy atom. The lowest BCUT2D eigenvalue weighted by molar-refractivity contribution is 0.0602. The highest BCUT2D eigenvalue weighted by Gasteiger charge is 2.25. The molecule has 0 amide bonds. The van der Waals surface area contributed by atoms with Gasteiger partial charge in [-0.1, -0.05) is 41.0 Å². The molecule has 0 aliphatic heterocycles. The van der Waals surface area contributed by atoms with Crippen molar-refractivity contribution in [2.24, 2.45) is 0 Å². The molecule has 0 atom stereocenters. The van der Waals surface area contributed by atoms with Crippen molar-refractivity contribution in [2.75, 3.05) is 19.5 Å². The van der Waals surface area contributed by atoms with Crippen LogP contribution in [-0.4, -0.2) is 25.3 Å². The van der Waals surface area contributed by atoms with Crippen LogP contribution in [0.3, 0.4) is 0 Å². The zero-order chi connectivity index (χ0) is 17.8. The molecule has 25 heavy (non-hydrogen) atoms.